The quantitative estimate of drug-likeness (QED) is 0.746. The Morgan fingerprint density at radius 3 is 2.95 bits per heavy atom. The Morgan fingerprint density at radius 2 is 2.11 bits per heavy atom. The van der Waals surface area contributed by atoms with Crippen molar-refractivity contribution in [3.63, 3.8) is 0 Å². The summed E-state index contributed by atoms with van der Waals surface area (Å²) in [5.41, 5.74) is 3.56. The topological polar surface area (TPSA) is 40.7 Å². The highest BCUT2D eigenvalue weighted by molar-refractivity contribution is 5.82. The van der Waals surface area contributed by atoms with Crippen LogP contribution in [0.4, 0.5) is 0 Å². The lowest BCUT2D eigenvalue weighted by molar-refractivity contribution is 0.563. The van der Waals surface area contributed by atoms with E-state index in [9.17, 15) is 0 Å². The Balaban J connectivity index is 1.74. The number of benzene rings is 1. The van der Waals surface area contributed by atoms with Crippen molar-refractivity contribution in [2.75, 3.05) is 0 Å². The molecule has 2 N–H and O–H groups in total. The van der Waals surface area contributed by atoms with Crippen molar-refractivity contribution in [3.8, 4) is 0 Å². The normalized spacial score (nSPS) is 12.7. The third kappa shape index (κ3) is 2.51. The zero-order valence-corrected chi connectivity index (χ0v) is 10.9. The van der Waals surface area contributed by atoms with E-state index in [-0.39, 0.29) is 6.04 Å². The third-order valence-electron chi connectivity index (χ3n) is 3.40. The maximum absolute atomic E-state index is 4.37. The molecule has 3 heteroatoms. The molecule has 0 aliphatic rings. The van der Waals surface area contributed by atoms with Crippen molar-refractivity contribution >= 4 is 10.9 Å². The van der Waals surface area contributed by atoms with E-state index in [0.717, 1.165) is 12.2 Å². The second kappa shape index (κ2) is 5.24. The van der Waals surface area contributed by atoms with Crippen LogP contribution in [-0.2, 0) is 6.54 Å². The van der Waals surface area contributed by atoms with Crippen LogP contribution in [0.5, 0.6) is 0 Å². The standard InChI is InChI=1S/C16H17N3/c1-12(15-7-2-3-9-17-15)19-11-14-6-4-5-13-8-10-18-16(13)14/h2-10,12,18-19H,11H2,1H3/t12-/m1/s1. The fourth-order valence-corrected chi connectivity index (χ4v) is 2.30. The summed E-state index contributed by atoms with van der Waals surface area (Å²) in [5.74, 6) is 0. The summed E-state index contributed by atoms with van der Waals surface area (Å²) in [6.07, 6.45) is 3.82. The van der Waals surface area contributed by atoms with Gasteiger partial charge >= 0.3 is 0 Å². The number of nitrogens with zero attached hydrogens (tertiary/aromatic N) is 1. The van der Waals surface area contributed by atoms with Crippen LogP contribution in [-0.4, -0.2) is 9.97 Å². The molecule has 0 spiro atoms. The van der Waals surface area contributed by atoms with Crippen LogP contribution < -0.4 is 5.32 Å². The lowest BCUT2D eigenvalue weighted by Crippen LogP contribution is -2.19. The number of rotatable bonds is 4. The van der Waals surface area contributed by atoms with Gasteiger partial charge in [-0.25, -0.2) is 0 Å². The van der Waals surface area contributed by atoms with Gasteiger partial charge in [-0.2, -0.15) is 0 Å². The fourth-order valence-electron chi connectivity index (χ4n) is 2.30. The average molecular weight is 251 g/mol. The molecule has 0 aliphatic carbocycles. The maximum Gasteiger partial charge on any atom is 0.0570 e. The number of nitrogens with one attached hydrogen (secondary N) is 2. The molecule has 0 aliphatic heterocycles. The number of H-pyrrole nitrogens is 1. The predicted molar refractivity (Wildman–Crippen MR) is 77.8 cm³/mol. The number of aromatic nitrogens is 2. The van der Waals surface area contributed by atoms with Gasteiger partial charge in [-0.1, -0.05) is 24.3 Å². The molecule has 19 heavy (non-hydrogen) atoms. The van der Waals surface area contributed by atoms with E-state index in [1.54, 1.807) is 0 Å². The van der Waals surface area contributed by atoms with Crippen molar-refractivity contribution < 1.29 is 0 Å². The van der Waals surface area contributed by atoms with Gasteiger partial charge in [0.15, 0.2) is 0 Å². The van der Waals surface area contributed by atoms with Gasteiger partial charge in [0.05, 0.1) is 5.69 Å². The molecular formula is C16H17N3. The SMILES string of the molecule is C[C@@H](NCc1cccc2cc[nH]c12)c1ccccn1. The fraction of sp³-hybridized carbons (Fsp3) is 0.188. The van der Waals surface area contributed by atoms with Gasteiger partial charge in [-0.15, -0.1) is 0 Å². The summed E-state index contributed by atoms with van der Waals surface area (Å²) in [6, 6.07) is 14.7. The minimum atomic E-state index is 0.242. The Hall–Kier alpha value is -2.13. The van der Waals surface area contributed by atoms with Gasteiger partial charge in [0.1, 0.15) is 0 Å². The molecule has 0 unspecified atom stereocenters. The first kappa shape index (κ1) is 11.9. The smallest absolute Gasteiger partial charge is 0.0570 e. The second-order valence-electron chi connectivity index (χ2n) is 4.72. The largest absolute Gasteiger partial charge is 0.361 e. The second-order valence-corrected chi connectivity index (χ2v) is 4.72. The van der Waals surface area contributed by atoms with Gasteiger partial charge < -0.3 is 10.3 Å². The van der Waals surface area contributed by atoms with Crippen molar-refractivity contribution in [2.45, 2.75) is 19.5 Å². The van der Waals surface area contributed by atoms with Crippen LogP contribution in [0.1, 0.15) is 24.2 Å². The molecule has 0 bridgehead atoms. The highest BCUT2D eigenvalue weighted by Gasteiger charge is 2.07. The third-order valence-corrected chi connectivity index (χ3v) is 3.40. The highest BCUT2D eigenvalue weighted by atomic mass is 14.9. The first-order valence-electron chi connectivity index (χ1n) is 6.54. The number of para-hydroxylation sites is 1. The molecule has 0 radical (unpaired) electrons. The molecule has 2 heterocycles. The van der Waals surface area contributed by atoms with Crippen molar-refractivity contribution in [3.05, 3.63) is 66.1 Å². The number of pyridine rings is 1. The first-order chi connectivity index (χ1) is 9.34. The van der Waals surface area contributed by atoms with E-state index < -0.39 is 0 Å². The van der Waals surface area contributed by atoms with Gasteiger partial charge in [-0.05, 0) is 36.1 Å². The van der Waals surface area contributed by atoms with E-state index in [0.29, 0.717) is 0 Å². The van der Waals surface area contributed by atoms with E-state index in [4.69, 9.17) is 0 Å². The Kier molecular flexibility index (Phi) is 3.29. The van der Waals surface area contributed by atoms with E-state index in [2.05, 4.69) is 46.5 Å². The molecule has 0 saturated heterocycles. The zero-order chi connectivity index (χ0) is 13.1. The number of hydrogen-bond acceptors (Lipinski definition) is 2. The lowest BCUT2D eigenvalue weighted by Gasteiger charge is -2.13. The Labute approximate surface area is 112 Å². The van der Waals surface area contributed by atoms with Gasteiger partial charge in [0.25, 0.3) is 0 Å². The summed E-state index contributed by atoms with van der Waals surface area (Å²) >= 11 is 0. The van der Waals surface area contributed by atoms with Crippen LogP contribution >= 0.6 is 0 Å². The van der Waals surface area contributed by atoms with Gasteiger partial charge in [0, 0.05) is 30.5 Å². The van der Waals surface area contributed by atoms with E-state index >= 15 is 0 Å². The Bertz CT molecular complexity index is 658. The maximum atomic E-state index is 4.37. The minimum Gasteiger partial charge on any atom is -0.361 e. The van der Waals surface area contributed by atoms with Crippen LogP contribution in [0.3, 0.4) is 0 Å². The summed E-state index contributed by atoms with van der Waals surface area (Å²) in [5, 5.41) is 4.77. The highest BCUT2D eigenvalue weighted by Crippen LogP contribution is 2.18. The van der Waals surface area contributed by atoms with Gasteiger partial charge in [0.2, 0.25) is 0 Å². The van der Waals surface area contributed by atoms with Crippen LogP contribution in [0, 0.1) is 0 Å². The molecule has 3 rings (SSSR count). The van der Waals surface area contributed by atoms with Crippen molar-refractivity contribution in [1.82, 2.24) is 15.3 Å². The summed E-state index contributed by atoms with van der Waals surface area (Å²) in [4.78, 5) is 7.67. The van der Waals surface area contributed by atoms with E-state index in [1.165, 1.54) is 16.5 Å². The zero-order valence-electron chi connectivity index (χ0n) is 10.9. The Morgan fingerprint density at radius 1 is 1.16 bits per heavy atom. The molecule has 96 valence electrons. The van der Waals surface area contributed by atoms with E-state index in [1.807, 2.05) is 30.6 Å². The monoisotopic (exact) mass is 251 g/mol. The summed E-state index contributed by atoms with van der Waals surface area (Å²) in [7, 11) is 0. The van der Waals surface area contributed by atoms with Crippen LogP contribution in [0.25, 0.3) is 10.9 Å². The molecular weight excluding hydrogens is 234 g/mol. The lowest BCUT2D eigenvalue weighted by atomic mass is 10.1. The molecule has 1 aromatic carbocycles. The molecule has 0 fully saturated rings. The summed E-state index contributed by atoms with van der Waals surface area (Å²) < 4.78 is 0. The minimum absolute atomic E-state index is 0.242. The van der Waals surface area contributed by atoms with Crippen LogP contribution in [0.2, 0.25) is 0 Å². The van der Waals surface area contributed by atoms with Crippen LogP contribution in [0.15, 0.2) is 54.9 Å². The van der Waals surface area contributed by atoms with Crippen molar-refractivity contribution in [2.24, 2.45) is 0 Å². The molecule has 3 aromatic rings. The average Bonchev–Trinajstić information content (AvgIpc) is 2.94. The summed E-state index contributed by atoms with van der Waals surface area (Å²) in [6.45, 7) is 2.97. The number of hydrogen-bond donors (Lipinski definition) is 2. The molecule has 1 atom stereocenters. The molecule has 0 amide bonds. The molecule has 2 aromatic heterocycles. The van der Waals surface area contributed by atoms with Crippen molar-refractivity contribution in [1.29, 1.82) is 0 Å². The molecule has 0 saturated carbocycles. The number of fused-ring (bicyclic) bond motifs is 1. The number of aromatic amines is 1. The first-order valence-corrected chi connectivity index (χ1v) is 6.54. The predicted octanol–water partition coefficient (Wildman–Crippen LogP) is 3.41. The van der Waals surface area contributed by atoms with Gasteiger partial charge in [-0.3, -0.25) is 4.98 Å². The molecule has 3 nitrogen and oxygen atoms in total.